The van der Waals surface area contributed by atoms with E-state index in [9.17, 15) is 17.6 Å². The summed E-state index contributed by atoms with van der Waals surface area (Å²) in [5.41, 5.74) is -1.03. The topological polar surface area (TPSA) is 39.7 Å². The number of nitrogens with one attached hydrogen (secondary N) is 2. The van der Waals surface area contributed by atoms with E-state index in [2.05, 4.69) is 34.4 Å². The minimum atomic E-state index is -4.61. The van der Waals surface area contributed by atoms with Crippen LogP contribution in [0, 0.1) is 11.7 Å². The number of hydrogen-bond acceptors (Lipinski definition) is 2. The van der Waals surface area contributed by atoms with E-state index in [1.165, 1.54) is 0 Å². The van der Waals surface area contributed by atoms with Gasteiger partial charge >= 0.3 is 6.18 Å². The molecule has 28 heavy (non-hydrogen) atoms. The Morgan fingerprint density at radius 2 is 2.04 bits per heavy atom. The Labute approximate surface area is 164 Å². The van der Waals surface area contributed by atoms with Crippen molar-refractivity contribution in [1.29, 1.82) is 0 Å². The van der Waals surface area contributed by atoms with Crippen LogP contribution < -0.4 is 10.6 Å². The second-order valence-corrected chi connectivity index (χ2v) is 7.47. The van der Waals surface area contributed by atoms with Crippen LogP contribution in [0.2, 0.25) is 0 Å². The molecule has 0 aliphatic carbocycles. The number of halogens is 4. The third-order valence-electron chi connectivity index (χ3n) is 4.97. The van der Waals surface area contributed by atoms with Crippen LogP contribution in [0.1, 0.15) is 44.7 Å². The van der Waals surface area contributed by atoms with E-state index in [1.807, 2.05) is 6.92 Å². The molecule has 158 valence electrons. The first-order valence-electron chi connectivity index (χ1n) is 9.82. The molecule has 4 nitrogen and oxygen atoms in total. The summed E-state index contributed by atoms with van der Waals surface area (Å²) in [6.07, 6.45) is -2.35. The van der Waals surface area contributed by atoms with Gasteiger partial charge in [-0.3, -0.25) is 0 Å². The molecule has 2 N–H and O–H groups in total. The van der Waals surface area contributed by atoms with Gasteiger partial charge in [-0.25, -0.2) is 9.38 Å². The molecule has 1 fully saturated rings. The third kappa shape index (κ3) is 6.65. The number of likely N-dealkylation sites (tertiary alicyclic amines) is 1. The molecule has 0 bridgehead atoms. The van der Waals surface area contributed by atoms with Gasteiger partial charge in [0.25, 0.3) is 0 Å². The van der Waals surface area contributed by atoms with Gasteiger partial charge in [-0.2, -0.15) is 13.2 Å². The van der Waals surface area contributed by atoms with Crippen molar-refractivity contribution in [3.8, 4) is 0 Å². The number of nitrogens with zero attached hydrogens (tertiary/aromatic N) is 2. The van der Waals surface area contributed by atoms with Crippen LogP contribution in [0.5, 0.6) is 0 Å². The van der Waals surface area contributed by atoms with Gasteiger partial charge in [-0.15, -0.1) is 0 Å². The molecule has 1 saturated heterocycles. The summed E-state index contributed by atoms with van der Waals surface area (Å²) < 4.78 is 52.7. The van der Waals surface area contributed by atoms with Crippen LogP contribution in [0.3, 0.4) is 0 Å². The van der Waals surface area contributed by atoms with Gasteiger partial charge in [0.1, 0.15) is 5.82 Å². The van der Waals surface area contributed by atoms with Crippen molar-refractivity contribution >= 4 is 5.96 Å². The zero-order valence-electron chi connectivity index (χ0n) is 16.7. The Morgan fingerprint density at radius 3 is 2.68 bits per heavy atom. The number of alkyl halides is 3. The predicted octanol–water partition coefficient (Wildman–Crippen LogP) is 4.02. The summed E-state index contributed by atoms with van der Waals surface area (Å²) >= 11 is 0. The molecule has 0 amide bonds. The highest BCUT2D eigenvalue weighted by molar-refractivity contribution is 5.79. The largest absolute Gasteiger partial charge is 0.416 e. The highest BCUT2D eigenvalue weighted by Crippen LogP contribution is 2.32. The van der Waals surface area contributed by atoms with E-state index in [1.54, 1.807) is 0 Å². The van der Waals surface area contributed by atoms with Gasteiger partial charge in [0.2, 0.25) is 0 Å². The summed E-state index contributed by atoms with van der Waals surface area (Å²) in [7, 11) is 0. The van der Waals surface area contributed by atoms with Gasteiger partial charge in [0, 0.05) is 25.7 Å². The SMILES string of the molecule is CCNC(=NCc1ccc(F)cc1C(F)(F)F)NCC1CCCN(C(C)C)C1. The fourth-order valence-electron chi connectivity index (χ4n) is 3.43. The van der Waals surface area contributed by atoms with Crippen LogP contribution >= 0.6 is 0 Å². The molecule has 1 aromatic rings. The average molecular weight is 402 g/mol. The molecule has 1 unspecified atom stereocenters. The molecule has 0 aromatic heterocycles. The van der Waals surface area contributed by atoms with Crippen molar-refractivity contribution in [2.75, 3.05) is 26.2 Å². The van der Waals surface area contributed by atoms with Crippen LogP contribution in [0.25, 0.3) is 0 Å². The maximum Gasteiger partial charge on any atom is 0.416 e. The molecule has 0 saturated carbocycles. The summed E-state index contributed by atoms with van der Waals surface area (Å²) in [6.45, 7) is 9.51. The molecular weight excluding hydrogens is 372 g/mol. The van der Waals surface area contributed by atoms with Crippen molar-refractivity contribution < 1.29 is 17.6 Å². The summed E-state index contributed by atoms with van der Waals surface area (Å²) in [5, 5.41) is 6.31. The normalized spacial score (nSPS) is 19.1. The Bertz CT molecular complexity index is 658. The molecule has 0 spiro atoms. The lowest BCUT2D eigenvalue weighted by atomic mass is 9.97. The van der Waals surface area contributed by atoms with E-state index in [0.717, 1.165) is 38.1 Å². The first kappa shape index (κ1) is 22.5. The van der Waals surface area contributed by atoms with Crippen LogP contribution in [-0.4, -0.2) is 43.1 Å². The minimum absolute atomic E-state index is 0.0465. The Hall–Kier alpha value is -1.83. The van der Waals surface area contributed by atoms with Crippen molar-refractivity contribution in [1.82, 2.24) is 15.5 Å². The molecule has 0 radical (unpaired) electrons. The van der Waals surface area contributed by atoms with Crippen molar-refractivity contribution in [3.63, 3.8) is 0 Å². The lowest BCUT2D eigenvalue weighted by Gasteiger charge is -2.35. The first-order valence-corrected chi connectivity index (χ1v) is 9.82. The summed E-state index contributed by atoms with van der Waals surface area (Å²) in [6, 6.07) is 3.20. The summed E-state index contributed by atoms with van der Waals surface area (Å²) in [4.78, 5) is 6.72. The minimum Gasteiger partial charge on any atom is -0.357 e. The Kier molecular flexibility index (Phi) is 8.10. The number of benzene rings is 1. The van der Waals surface area contributed by atoms with Gasteiger partial charge in [-0.05, 0) is 63.8 Å². The average Bonchev–Trinajstić information content (AvgIpc) is 2.64. The highest BCUT2D eigenvalue weighted by Gasteiger charge is 2.33. The van der Waals surface area contributed by atoms with Gasteiger partial charge < -0.3 is 15.5 Å². The monoisotopic (exact) mass is 402 g/mol. The number of aliphatic imine (C=N–C) groups is 1. The molecule has 8 heteroatoms. The van der Waals surface area contributed by atoms with Crippen LogP contribution in [0.15, 0.2) is 23.2 Å². The van der Waals surface area contributed by atoms with Gasteiger partial charge in [0.15, 0.2) is 5.96 Å². The molecule has 2 rings (SSSR count). The molecule has 1 aliphatic rings. The Balaban J connectivity index is 2.03. The fraction of sp³-hybridized carbons (Fsp3) is 0.650. The van der Waals surface area contributed by atoms with E-state index in [0.29, 0.717) is 37.1 Å². The number of guanidine groups is 1. The van der Waals surface area contributed by atoms with E-state index >= 15 is 0 Å². The Morgan fingerprint density at radius 1 is 1.29 bits per heavy atom. The van der Waals surface area contributed by atoms with Crippen LogP contribution in [-0.2, 0) is 12.7 Å². The molecule has 1 aromatic carbocycles. The standard InChI is InChI=1S/C20H30F4N4/c1-4-25-19(26-11-15-6-5-9-28(13-15)14(2)3)27-12-16-7-8-17(21)10-18(16)20(22,23)24/h7-8,10,14-15H,4-6,9,11-13H2,1-3H3,(H2,25,26,27). The predicted molar refractivity (Wildman–Crippen MR) is 104 cm³/mol. The van der Waals surface area contributed by atoms with E-state index in [-0.39, 0.29) is 12.1 Å². The third-order valence-corrected chi connectivity index (χ3v) is 4.97. The molecule has 1 atom stereocenters. The zero-order chi connectivity index (χ0) is 20.7. The van der Waals surface area contributed by atoms with Gasteiger partial charge in [0.05, 0.1) is 12.1 Å². The molecule has 1 heterocycles. The van der Waals surface area contributed by atoms with Crippen LogP contribution in [0.4, 0.5) is 17.6 Å². The van der Waals surface area contributed by atoms with Crippen molar-refractivity contribution in [3.05, 3.63) is 35.1 Å². The zero-order valence-corrected chi connectivity index (χ0v) is 16.7. The quantitative estimate of drug-likeness (QED) is 0.429. The van der Waals surface area contributed by atoms with Gasteiger partial charge in [-0.1, -0.05) is 6.07 Å². The highest BCUT2D eigenvalue weighted by atomic mass is 19.4. The number of piperidine rings is 1. The first-order chi connectivity index (χ1) is 13.2. The number of hydrogen-bond donors (Lipinski definition) is 2. The fourth-order valence-corrected chi connectivity index (χ4v) is 3.43. The van der Waals surface area contributed by atoms with E-state index in [4.69, 9.17) is 0 Å². The number of rotatable bonds is 6. The summed E-state index contributed by atoms with van der Waals surface area (Å²) in [5.74, 6) is 0.0373. The smallest absolute Gasteiger partial charge is 0.357 e. The van der Waals surface area contributed by atoms with E-state index < -0.39 is 17.6 Å². The lowest BCUT2D eigenvalue weighted by molar-refractivity contribution is -0.138. The van der Waals surface area contributed by atoms with Crippen molar-refractivity contribution in [2.45, 2.75) is 52.4 Å². The second-order valence-electron chi connectivity index (χ2n) is 7.47. The maximum atomic E-state index is 13.2. The molecular formula is C20H30F4N4. The second kappa shape index (κ2) is 10.1. The lowest BCUT2D eigenvalue weighted by Crippen LogP contribution is -2.46. The maximum absolute atomic E-state index is 13.2. The van der Waals surface area contributed by atoms with Crippen molar-refractivity contribution in [2.24, 2.45) is 10.9 Å². The molecule has 1 aliphatic heterocycles.